The molecule has 1 saturated carbocycles. The lowest BCUT2D eigenvalue weighted by Gasteiger charge is -2.07. The van der Waals surface area contributed by atoms with Gasteiger partial charge in [-0.15, -0.1) is 0 Å². The molecule has 1 fully saturated rings. The number of nitrogens with zero attached hydrogens (tertiary/aromatic N) is 1. The Labute approximate surface area is 106 Å². The second-order valence-electron chi connectivity index (χ2n) is 4.24. The van der Waals surface area contributed by atoms with Crippen LogP contribution in [0.1, 0.15) is 12.8 Å². The summed E-state index contributed by atoms with van der Waals surface area (Å²) < 4.78 is 26.4. The lowest BCUT2D eigenvalue weighted by atomic mass is 10.2. The summed E-state index contributed by atoms with van der Waals surface area (Å²) in [5, 5.41) is 15.6. The first-order valence-electron chi connectivity index (χ1n) is 5.64. The van der Waals surface area contributed by atoms with Crippen LogP contribution in [0.5, 0.6) is 0 Å². The van der Waals surface area contributed by atoms with Gasteiger partial charge in [-0.05, 0) is 12.8 Å². The van der Waals surface area contributed by atoms with Crippen molar-refractivity contribution in [1.82, 2.24) is 5.32 Å². The van der Waals surface area contributed by atoms with Gasteiger partial charge in [-0.2, -0.15) is 4.39 Å². The minimum absolute atomic E-state index is 0.0186. The van der Waals surface area contributed by atoms with Gasteiger partial charge < -0.3 is 10.6 Å². The van der Waals surface area contributed by atoms with E-state index in [1.165, 1.54) is 0 Å². The molecule has 2 N–H and O–H groups in total. The zero-order valence-corrected chi connectivity index (χ0v) is 9.78. The van der Waals surface area contributed by atoms with Crippen molar-refractivity contribution in [1.29, 1.82) is 0 Å². The summed E-state index contributed by atoms with van der Waals surface area (Å²) in [5.41, 5.74) is -1.29. The van der Waals surface area contributed by atoms with Crippen molar-refractivity contribution >= 4 is 17.3 Å². The second-order valence-corrected chi connectivity index (χ2v) is 4.24. The lowest BCUT2D eigenvalue weighted by molar-refractivity contribution is -0.387. The molecule has 102 valence electrons. The maximum atomic E-state index is 13.4. The highest BCUT2D eigenvalue weighted by atomic mass is 19.1. The van der Waals surface area contributed by atoms with Crippen LogP contribution < -0.4 is 10.6 Å². The number of nitrogens with one attached hydrogen (secondary N) is 2. The quantitative estimate of drug-likeness (QED) is 0.628. The maximum Gasteiger partial charge on any atom is 0.307 e. The number of nitro groups is 1. The number of carbonyl (C=O) groups is 1. The van der Waals surface area contributed by atoms with E-state index in [9.17, 15) is 23.7 Å². The van der Waals surface area contributed by atoms with Gasteiger partial charge in [-0.1, -0.05) is 0 Å². The first-order valence-corrected chi connectivity index (χ1v) is 5.64. The number of halogens is 2. The highest BCUT2D eigenvalue weighted by Crippen LogP contribution is 2.25. The third-order valence-electron chi connectivity index (χ3n) is 2.64. The molecule has 1 aliphatic carbocycles. The first kappa shape index (κ1) is 13.3. The van der Waals surface area contributed by atoms with Gasteiger partial charge in [0.05, 0.1) is 17.2 Å². The molecule has 0 aromatic heterocycles. The van der Waals surface area contributed by atoms with Crippen LogP contribution in [-0.2, 0) is 4.79 Å². The Hall–Kier alpha value is -2.09. The van der Waals surface area contributed by atoms with Crippen LogP contribution in [0.15, 0.2) is 12.1 Å². The van der Waals surface area contributed by atoms with E-state index in [4.69, 9.17) is 0 Å². The molecular formula is C11H11F2N3O3. The Morgan fingerprint density at radius 3 is 2.63 bits per heavy atom. The van der Waals surface area contributed by atoms with Crippen LogP contribution >= 0.6 is 0 Å². The van der Waals surface area contributed by atoms with Crippen LogP contribution in [0.4, 0.5) is 20.2 Å². The van der Waals surface area contributed by atoms with Crippen LogP contribution in [0.3, 0.4) is 0 Å². The van der Waals surface area contributed by atoms with Crippen LogP contribution in [0, 0.1) is 21.7 Å². The SMILES string of the molecule is O=C(CNC1CC1)Nc1cc([N+](=O)[O-])c(F)cc1F. The van der Waals surface area contributed by atoms with Gasteiger partial charge in [0.25, 0.3) is 0 Å². The summed E-state index contributed by atoms with van der Waals surface area (Å²) in [6, 6.07) is 1.35. The van der Waals surface area contributed by atoms with Crippen molar-refractivity contribution in [2.24, 2.45) is 0 Å². The number of anilines is 1. The third kappa shape index (κ3) is 3.44. The fraction of sp³-hybridized carbons (Fsp3) is 0.364. The van der Waals surface area contributed by atoms with Crippen molar-refractivity contribution < 1.29 is 18.5 Å². The third-order valence-corrected chi connectivity index (χ3v) is 2.64. The standard InChI is InChI=1S/C11H11F2N3O3/c12-7-3-8(13)10(16(18)19)4-9(7)15-11(17)5-14-6-1-2-6/h3-4,6,14H,1-2,5H2,(H,15,17). The summed E-state index contributed by atoms with van der Waals surface area (Å²) >= 11 is 0. The molecule has 0 bridgehead atoms. The molecule has 1 aliphatic rings. The largest absolute Gasteiger partial charge is 0.322 e. The summed E-state index contributed by atoms with van der Waals surface area (Å²) in [6.07, 6.45) is 1.98. The molecule has 0 heterocycles. The van der Waals surface area contributed by atoms with Crippen molar-refractivity contribution in [3.8, 4) is 0 Å². The molecule has 1 aromatic rings. The van der Waals surface area contributed by atoms with E-state index in [0.29, 0.717) is 18.2 Å². The fourth-order valence-corrected chi connectivity index (χ4v) is 1.49. The molecule has 0 saturated heterocycles. The molecule has 0 aliphatic heterocycles. The lowest BCUT2D eigenvalue weighted by Crippen LogP contribution is -2.29. The van der Waals surface area contributed by atoms with Crippen molar-refractivity contribution in [3.05, 3.63) is 33.9 Å². The van der Waals surface area contributed by atoms with Gasteiger partial charge in [0, 0.05) is 18.2 Å². The molecule has 0 radical (unpaired) electrons. The van der Waals surface area contributed by atoms with Gasteiger partial charge in [-0.3, -0.25) is 14.9 Å². The average Bonchev–Trinajstić information content (AvgIpc) is 3.13. The second kappa shape index (κ2) is 5.27. The maximum absolute atomic E-state index is 13.4. The van der Waals surface area contributed by atoms with Crippen molar-refractivity contribution in [2.75, 3.05) is 11.9 Å². The van der Waals surface area contributed by atoms with E-state index < -0.39 is 33.8 Å². The topological polar surface area (TPSA) is 84.3 Å². The molecule has 0 atom stereocenters. The van der Waals surface area contributed by atoms with E-state index in [2.05, 4.69) is 10.6 Å². The minimum atomic E-state index is -1.28. The molecule has 19 heavy (non-hydrogen) atoms. The Balaban J connectivity index is 2.07. The van der Waals surface area contributed by atoms with Crippen LogP contribution in [0.2, 0.25) is 0 Å². The number of nitro benzene ring substituents is 1. The minimum Gasteiger partial charge on any atom is -0.322 e. The number of hydrogen-bond acceptors (Lipinski definition) is 4. The Morgan fingerprint density at radius 2 is 2.05 bits per heavy atom. The molecule has 8 heteroatoms. The Kier molecular flexibility index (Phi) is 3.70. The number of rotatable bonds is 5. The summed E-state index contributed by atoms with van der Waals surface area (Å²) in [7, 11) is 0. The smallest absolute Gasteiger partial charge is 0.307 e. The van der Waals surface area contributed by atoms with Crippen molar-refractivity contribution in [3.63, 3.8) is 0 Å². The Morgan fingerprint density at radius 1 is 1.37 bits per heavy atom. The van der Waals surface area contributed by atoms with Gasteiger partial charge in [0.1, 0.15) is 5.82 Å². The summed E-state index contributed by atoms with van der Waals surface area (Å²) in [6.45, 7) is -0.0186. The molecule has 1 aromatic carbocycles. The first-order chi connectivity index (χ1) is 8.97. The van der Waals surface area contributed by atoms with E-state index >= 15 is 0 Å². The highest BCUT2D eigenvalue weighted by Gasteiger charge is 2.22. The van der Waals surface area contributed by atoms with Gasteiger partial charge in [0.2, 0.25) is 11.7 Å². The molecular weight excluding hydrogens is 260 g/mol. The van der Waals surface area contributed by atoms with Gasteiger partial charge in [0.15, 0.2) is 0 Å². The van der Waals surface area contributed by atoms with Crippen LogP contribution in [0.25, 0.3) is 0 Å². The number of amides is 1. The molecule has 0 spiro atoms. The normalized spacial score (nSPS) is 14.2. The molecule has 0 unspecified atom stereocenters. The predicted molar refractivity (Wildman–Crippen MR) is 62.7 cm³/mol. The van der Waals surface area contributed by atoms with E-state index in [0.717, 1.165) is 12.8 Å². The number of hydrogen-bond donors (Lipinski definition) is 2. The Bertz CT molecular complexity index is 532. The average molecular weight is 271 g/mol. The van der Waals surface area contributed by atoms with Gasteiger partial charge >= 0.3 is 5.69 Å². The van der Waals surface area contributed by atoms with Gasteiger partial charge in [-0.25, -0.2) is 4.39 Å². The number of benzene rings is 1. The predicted octanol–water partition coefficient (Wildman–Crippen LogP) is 1.56. The number of carbonyl (C=O) groups excluding carboxylic acids is 1. The zero-order chi connectivity index (χ0) is 14.0. The molecule has 6 nitrogen and oxygen atoms in total. The van der Waals surface area contributed by atoms with E-state index in [-0.39, 0.29) is 6.54 Å². The fourth-order valence-electron chi connectivity index (χ4n) is 1.49. The molecule has 1 amide bonds. The summed E-state index contributed by atoms with van der Waals surface area (Å²) in [5.74, 6) is -2.87. The van der Waals surface area contributed by atoms with E-state index in [1.807, 2.05) is 0 Å². The molecule has 2 rings (SSSR count). The van der Waals surface area contributed by atoms with E-state index in [1.54, 1.807) is 0 Å². The highest BCUT2D eigenvalue weighted by molar-refractivity contribution is 5.92. The monoisotopic (exact) mass is 271 g/mol. The van der Waals surface area contributed by atoms with Crippen molar-refractivity contribution in [2.45, 2.75) is 18.9 Å². The van der Waals surface area contributed by atoms with Crippen LogP contribution in [-0.4, -0.2) is 23.4 Å². The summed E-state index contributed by atoms with van der Waals surface area (Å²) in [4.78, 5) is 21.0. The zero-order valence-electron chi connectivity index (χ0n) is 9.78.